The lowest BCUT2D eigenvalue weighted by Crippen LogP contribution is -2.41. The number of carbonyl (C=O) groups excluding carboxylic acids is 1. The number of aryl methyl sites for hydroxylation is 1. The van der Waals surface area contributed by atoms with Gasteiger partial charge >= 0.3 is 0 Å². The number of rotatable bonds is 5. The SMILES string of the molecule is CCn1cc([C@@H](CC(=O)NC(C)(C)C)c2ccc3c(c2)OCO3)c2ccccc21. The Hall–Kier alpha value is -2.95. The zero-order chi connectivity index (χ0) is 20.6. The van der Waals surface area contributed by atoms with Crippen LogP contribution < -0.4 is 14.8 Å². The summed E-state index contributed by atoms with van der Waals surface area (Å²) in [4.78, 5) is 12.9. The van der Waals surface area contributed by atoms with Gasteiger partial charge in [-0.3, -0.25) is 4.79 Å². The minimum absolute atomic E-state index is 0.0356. The number of benzene rings is 2. The number of aromatic nitrogens is 1. The van der Waals surface area contributed by atoms with Crippen LogP contribution >= 0.6 is 0 Å². The maximum Gasteiger partial charge on any atom is 0.231 e. The summed E-state index contributed by atoms with van der Waals surface area (Å²) in [5.74, 6) is 1.45. The number of para-hydroxylation sites is 1. The smallest absolute Gasteiger partial charge is 0.231 e. The lowest BCUT2D eigenvalue weighted by Gasteiger charge is -2.23. The summed E-state index contributed by atoms with van der Waals surface area (Å²) >= 11 is 0. The molecule has 0 spiro atoms. The van der Waals surface area contributed by atoms with Gasteiger partial charge in [-0.15, -0.1) is 0 Å². The number of hydrogen-bond donors (Lipinski definition) is 1. The number of ether oxygens (including phenoxy) is 2. The molecule has 5 nitrogen and oxygen atoms in total. The second-order valence-corrected chi connectivity index (χ2v) is 8.56. The van der Waals surface area contributed by atoms with Crippen LogP contribution in [0, 0.1) is 0 Å². The van der Waals surface area contributed by atoms with Crippen LogP contribution in [0.3, 0.4) is 0 Å². The monoisotopic (exact) mass is 392 g/mol. The number of nitrogens with one attached hydrogen (secondary N) is 1. The Morgan fingerprint density at radius 3 is 2.66 bits per heavy atom. The van der Waals surface area contributed by atoms with Crippen LogP contribution in [0.2, 0.25) is 0 Å². The molecule has 152 valence electrons. The lowest BCUT2D eigenvalue weighted by molar-refractivity contribution is -0.122. The molecule has 4 rings (SSSR count). The number of nitrogens with zero attached hydrogens (tertiary/aromatic N) is 1. The summed E-state index contributed by atoms with van der Waals surface area (Å²) in [6, 6.07) is 14.4. The van der Waals surface area contributed by atoms with Crippen molar-refractivity contribution in [2.75, 3.05) is 6.79 Å². The predicted octanol–water partition coefficient (Wildman–Crippen LogP) is 4.83. The number of hydrogen-bond acceptors (Lipinski definition) is 3. The van der Waals surface area contributed by atoms with Crippen LogP contribution in [-0.4, -0.2) is 22.8 Å². The van der Waals surface area contributed by atoms with E-state index in [1.165, 1.54) is 10.9 Å². The van der Waals surface area contributed by atoms with Crippen LogP contribution in [0.5, 0.6) is 11.5 Å². The highest BCUT2D eigenvalue weighted by molar-refractivity contribution is 5.87. The van der Waals surface area contributed by atoms with Crippen LogP contribution in [-0.2, 0) is 11.3 Å². The number of carbonyl (C=O) groups is 1. The summed E-state index contributed by atoms with van der Waals surface area (Å²) in [6.07, 6.45) is 2.55. The summed E-state index contributed by atoms with van der Waals surface area (Å²) in [5.41, 5.74) is 3.13. The fourth-order valence-electron chi connectivity index (χ4n) is 4.01. The first-order chi connectivity index (χ1) is 13.9. The van der Waals surface area contributed by atoms with E-state index >= 15 is 0 Å². The average Bonchev–Trinajstić information content (AvgIpc) is 3.28. The predicted molar refractivity (Wildman–Crippen MR) is 115 cm³/mol. The van der Waals surface area contributed by atoms with Crippen LogP contribution in [0.4, 0.5) is 0 Å². The van der Waals surface area contributed by atoms with E-state index in [2.05, 4.69) is 47.3 Å². The summed E-state index contributed by atoms with van der Waals surface area (Å²) in [7, 11) is 0. The molecule has 2 heterocycles. The number of fused-ring (bicyclic) bond motifs is 2. The first-order valence-electron chi connectivity index (χ1n) is 10.1. The largest absolute Gasteiger partial charge is 0.454 e. The molecule has 0 saturated heterocycles. The topological polar surface area (TPSA) is 52.5 Å². The van der Waals surface area contributed by atoms with Crippen molar-refractivity contribution >= 4 is 16.8 Å². The Bertz CT molecular complexity index is 1050. The second-order valence-electron chi connectivity index (χ2n) is 8.56. The molecule has 0 saturated carbocycles. The summed E-state index contributed by atoms with van der Waals surface area (Å²) in [5, 5.41) is 4.29. The van der Waals surface area contributed by atoms with E-state index in [9.17, 15) is 4.79 Å². The molecule has 0 unspecified atom stereocenters. The molecule has 0 fully saturated rings. The molecular weight excluding hydrogens is 364 g/mol. The van der Waals surface area contributed by atoms with Crippen molar-refractivity contribution < 1.29 is 14.3 Å². The quantitative estimate of drug-likeness (QED) is 0.677. The highest BCUT2D eigenvalue weighted by Crippen LogP contribution is 2.40. The van der Waals surface area contributed by atoms with Crippen LogP contribution in [0.15, 0.2) is 48.7 Å². The standard InChI is InChI=1S/C24H28N2O3/c1-5-26-14-19(17-8-6-7-9-20(17)26)18(13-23(27)25-24(2,3)4)16-10-11-21-22(12-16)29-15-28-21/h6-12,14,18H,5,13,15H2,1-4H3,(H,25,27)/t18-/m0/s1. The van der Waals surface area contributed by atoms with E-state index in [4.69, 9.17) is 9.47 Å². The van der Waals surface area contributed by atoms with Gasteiger partial charge in [-0.1, -0.05) is 24.3 Å². The third-order valence-corrected chi connectivity index (χ3v) is 5.24. The highest BCUT2D eigenvalue weighted by atomic mass is 16.7. The van der Waals surface area contributed by atoms with Gasteiger partial charge in [-0.05, 0) is 57.0 Å². The Morgan fingerprint density at radius 2 is 1.90 bits per heavy atom. The minimum Gasteiger partial charge on any atom is -0.454 e. The van der Waals surface area contributed by atoms with Crippen molar-refractivity contribution in [2.24, 2.45) is 0 Å². The lowest BCUT2D eigenvalue weighted by atomic mass is 9.87. The van der Waals surface area contributed by atoms with Gasteiger partial charge in [0.2, 0.25) is 12.7 Å². The van der Waals surface area contributed by atoms with E-state index in [1.807, 2.05) is 39.0 Å². The molecule has 0 bridgehead atoms. The first-order valence-corrected chi connectivity index (χ1v) is 10.1. The van der Waals surface area contributed by atoms with Gasteiger partial charge in [0, 0.05) is 41.5 Å². The van der Waals surface area contributed by atoms with Crippen LogP contribution in [0.25, 0.3) is 10.9 Å². The van der Waals surface area contributed by atoms with Crippen molar-refractivity contribution in [3.8, 4) is 11.5 Å². The van der Waals surface area contributed by atoms with E-state index in [0.29, 0.717) is 6.42 Å². The molecule has 3 aromatic rings. The Morgan fingerprint density at radius 1 is 1.14 bits per heavy atom. The molecule has 0 radical (unpaired) electrons. The van der Waals surface area contributed by atoms with E-state index < -0.39 is 0 Å². The normalized spacial score (nSPS) is 14.2. The van der Waals surface area contributed by atoms with Gasteiger partial charge in [0.1, 0.15) is 0 Å². The Balaban J connectivity index is 1.80. The molecule has 2 aromatic carbocycles. The molecule has 1 aliphatic rings. The molecule has 0 aliphatic carbocycles. The van der Waals surface area contributed by atoms with Crippen LogP contribution in [0.1, 0.15) is 51.2 Å². The van der Waals surface area contributed by atoms with Crippen molar-refractivity contribution in [1.82, 2.24) is 9.88 Å². The van der Waals surface area contributed by atoms with Gasteiger partial charge in [0.25, 0.3) is 0 Å². The molecule has 1 aromatic heterocycles. The third kappa shape index (κ3) is 3.95. The number of amides is 1. The molecule has 1 amide bonds. The molecule has 1 N–H and O–H groups in total. The van der Waals surface area contributed by atoms with E-state index in [-0.39, 0.29) is 24.2 Å². The highest BCUT2D eigenvalue weighted by Gasteiger charge is 2.26. The summed E-state index contributed by atoms with van der Waals surface area (Å²) in [6.45, 7) is 9.26. The average molecular weight is 392 g/mol. The molecular formula is C24H28N2O3. The zero-order valence-electron chi connectivity index (χ0n) is 17.5. The molecule has 29 heavy (non-hydrogen) atoms. The minimum atomic E-state index is -0.270. The van der Waals surface area contributed by atoms with E-state index in [1.54, 1.807) is 0 Å². The summed E-state index contributed by atoms with van der Waals surface area (Å²) < 4.78 is 13.3. The molecule has 1 aliphatic heterocycles. The van der Waals surface area contributed by atoms with E-state index in [0.717, 1.165) is 29.2 Å². The third-order valence-electron chi connectivity index (χ3n) is 5.24. The molecule has 5 heteroatoms. The van der Waals surface area contributed by atoms with Crippen molar-refractivity contribution in [3.63, 3.8) is 0 Å². The first kappa shape index (κ1) is 19.4. The maximum absolute atomic E-state index is 12.9. The second kappa shape index (κ2) is 7.47. The zero-order valence-corrected chi connectivity index (χ0v) is 17.5. The maximum atomic E-state index is 12.9. The fraction of sp³-hybridized carbons (Fsp3) is 0.375. The van der Waals surface area contributed by atoms with Crippen molar-refractivity contribution in [2.45, 2.75) is 52.1 Å². The van der Waals surface area contributed by atoms with Gasteiger partial charge in [0.05, 0.1) is 0 Å². The van der Waals surface area contributed by atoms with Gasteiger partial charge in [-0.25, -0.2) is 0 Å². The van der Waals surface area contributed by atoms with Gasteiger partial charge in [-0.2, -0.15) is 0 Å². The van der Waals surface area contributed by atoms with Crippen molar-refractivity contribution in [1.29, 1.82) is 0 Å². The fourth-order valence-corrected chi connectivity index (χ4v) is 4.01. The van der Waals surface area contributed by atoms with Crippen molar-refractivity contribution in [3.05, 3.63) is 59.8 Å². The van der Waals surface area contributed by atoms with Gasteiger partial charge < -0.3 is 19.4 Å². The molecule has 1 atom stereocenters. The Kier molecular flexibility index (Phi) is 4.99. The Labute approximate surface area is 171 Å². The van der Waals surface area contributed by atoms with Gasteiger partial charge in [0.15, 0.2) is 11.5 Å².